The molecule has 0 aliphatic carbocycles. The average Bonchev–Trinajstić information content (AvgIpc) is 3.09. The van der Waals surface area contributed by atoms with Crippen molar-refractivity contribution >= 4 is 22.8 Å². The highest BCUT2D eigenvalue weighted by Gasteiger charge is 2.17. The van der Waals surface area contributed by atoms with Gasteiger partial charge in [-0.05, 0) is 25.1 Å². The second kappa shape index (κ2) is 9.62. The van der Waals surface area contributed by atoms with E-state index in [-0.39, 0.29) is 24.6 Å². The lowest BCUT2D eigenvalue weighted by Gasteiger charge is -2.25. The molecular weight excluding hydrogens is 443 g/mol. The third-order valence-electron chi connectivity index (χ3n) is 5.70. The number of benzene rings is 1. The predicted octanol–water partition coefficient (Wildman–Crippen LogP) is 0.204. The molecule has 3 heterocycles. The van der Waals surface area contributed by atoms with Crippen LogP contribution in [0.25, 0.3) is 11.2 Å². The van der Waals surface area contributed by atoms with Gasteiger partial charge in [0.05, 0.1) is 26.3 Å². The lowest BCUT2D eigenvalue weighted by Crippen LogP contribution is -2.41. The zero-order valence-electron chi connectivity index (χ0n) is 19.2. The lowest BCUT2D eigenvalue weighted by molar-refractivity contribution is -0.118. The summed E-state index contributed by atoms with van der Waals surface area (Å²) in [7, 11) is 3.10. The standard InChI is InChI=1S/C23H25FN6O4/c1-15-25-21-20(27(15)2)22(32)28(3)23(33)30(21)6-4-5-16-11-17(24)13-18(12-16)26-19(31)14-29-7-9-34-10-8-29/h11-13H,6-10,14H2,1-3H3,(H,26,31). The summed E-state index contributed by atoms with van der Waals surface area (Å²) in [6, 6.07) is 4.03. The predicted molar refractivity (Wildman–Crippen MR) is 124 cm³/mol. The number of halogens is 1. The Morgan fingerprint density at radius 3 is 2.65 bits per heavy atom. The molecule has 1 N–H and O–H groups in total. The number of amides is 1. The molecule has 2 aromatic heterocycles. The number of carbonyl (C=O) groups excluding carboxylic acids is 1. The molecular formula is C23H25FN6O4. The topological polar surface area (TPSA) is 103 Å². The monoisotopic (exact) mass is 468 g/mol. The van der Waals surface area contributed by atoms with Crippen molar-refractivity contribution in [1.29, 1.82) is 0 Å². The van der Waals surface area contributed by atoms with Gasteiger partial charge in [0, 0.05) is 38.4 Å². The summed E-state index contributed by atoms with van der Waals surface area (Å²) in [6.07, 6.45) is 0. The minimum atomic E-state index is -0.546. The molecule has 3 aromatic rings. The fourth-order valence-corrected chi connectivity index (χ4v) is 3.80. The number of morpholine rings is 1. The maximum absolute atomic E-state index is 14.2. The molecule has 1 fully saturated rings. The van der Waals surface area contributed by atoms with Gasteiger partial charge in [-0.3, -0.25) is 23.6 Å². The fraction of sp³-hybridized carbons (Fsp3) is 0.391. The SMILES string of the molecule is Cc1nc2c(c(=O)n(C)c(=O)n2CC#Cc2cc(F)cc(NC(=O)CN3CCOCC3)c2)n1C. The van der Waals surface area contributed by atoms with Crippen LogP contribution in [0.15, 0.2) is 27.8 Å². The van der Waals surface area contributed by atoms with Crippen molar-refractivity contribution in [2.24, 2.45) is 14.1 Å². The van der Waals surface area contributed by atoms with Crippen LogP contribution >= 0.6 is 0 Å². The number of rotatable bonds is 4. The van der Waals surface area contributed by atoms with Gasteiger partial charge in [-0.15, -0.1) is 0 Å². The maximum atomic E-state index is 14.2. The van der Waals surface area contributed by atoms with Crippen molar-refractivity contribution in [2.75, 3.05) is 38.2 Å². The van der Waals surface area contributed by atoms with Gasteiger partial charge < -0.3 is 14.6 Å². The first-order valence-corrected chi connectivity index (χ1v) is 10.8. The quantitative estimate of drug-likeness (QED) is 0.549. The summed E-state index contributed by atoms with van der Waals surface area (Å²) in [6.45, 7) is 4.38. The molecule has 1 aliphatic rings. The first-order chi connectivity index (χ1) is 16.2. The summed E-state index contributed by atoms with van der Waals surface area (Å²) in [5, 5.41) is 2.70. The van der Waals surface area contributed by atoms with Gasteiger partial charge in [-0.25, -0.2) is 14.2 Å². The summed E-state index contributed by atoms with van der Waals surface area (Å²) >= 11 is 0. The molecule has 11 heteroatoms. The molecule has 10 nitrogen and oxygen atoms in total. The maximum Gasteiger partial charge on any atom is 0.333 e. The number of nitrogens with zero attached hydrogens (tertiary/aromatic N) is 5. The zero-order chi connectivity index (χ0) is 24.4. The summed E-state index contributed by atoms with van der Waals surface area (Å²) in [5.41, 5.74) is 0.211. The number of ether oxygens (including phenoxy) is 1. The molecule has 0 radical (unpaired) electrons. The Bertz CT molecular complexity index is 1440. The van der Waals surface area contributed by atoms with Crippen molar-refractivity contribution in [3.63, 3.8) is 0 Å². The fourth-order valence-electron chi connectivity index (χ4n) is 3.80. The molecule has 178 valence electrons. The third kappa shape index (κ3) is 4.78. The van der Waals surface area contributed by atoms with E-state index in [1.807, 2.05) is 4.90 Å². The first-order valence-electron chi connectivity index (χ1n) is 10.8. The highest BCUT2D eigenvalue weighted by Crippen LogP contribution is 2.14. The summed E-state index contributed by atoms with van der Waals surface area (Å²) in [5.74, 6) is 5.46. The molecule has 0 spiro atoms. The second-order valence-corrected chi connectivity index (χ2v) is 8.09. The molecule has 1 aliphatic heterocycles. The smallest absolute Gasteiger partial charge is 0.333 e. The van der Waals surface area contributed by atoms with Gasteiger partial charge in [0.25, 0.3) is 5.56 Å². The molecule has 0 unspecified atom stereocenters. The van der Waals surface area contributed by atoms with Crippen LogP contribution in [0, 0.1) is 24.6 Å². The largest absolute Gasteiger partial charge is 0.379 e. The highest BCUT2D eigenvalue weighted by atomic mass is 19.1. The molecule has 1 amide bonds. The van der Waals surface area contributed by atoms with Crippen molar-refractivity contribution in [2.45, 2.75) is 13.5 Å². The van der Waals surface area contributed by atoms with Crippen LogP contribution in [0.3, 0.4) is 0 Å². The molecule has 1 aromatic carbocycles. The Morgan fingerprint density at radius 2 is 1.91 bits per heavy atom. The molecule has 1 saturated heterocycles. The van der Waals surface area contributed by atoms with Gasteiger partial charge >= 0.3 is 5.69 Å². The number of hydrogen-bond acceptors (Lipinski definition) is 6. The number of fused-ring (bicyclic) bond motifs is 1. The van der Waals surface area contributed by atoms with E-state index in [0.29, 0.717) is 48.9 Å². The van der Waals surface area contributed by atoms with Gasteiger partial charge in [0.2, 0.25) is 5.91 Å². The van der Waals surface area contributed by atoms with Gasteiger partial charge in [0.1, 0.15) is 11.6 Å². The van der Waals surface area contributed by atoms with E-state index in [0.717, 1.165) is 4.57 Å². The Hall–Kier alpha value is -3.75. The summed E-state index contributed by atoms with van der Waals surface area (Å²) in [4.78, 5) is 43.8. The lowest BCUT2D eigenvalue weighted by atomic mass is 10.2. The van der Waals surface area contributed by atoms with Crippen LogP contribution in [0.5, 0.6) is 0 Å². The third-order valence-corrected chi connectivity index (χ3v) is 5.70. The highest BCUT2D eigenvalue weighted by molar-refractivity contribution is 5.92. The molecule has 0 saturated carbocycles. The second-order valence-electron chi connectivity index (χ2n) is 8.09. The zero-order valence-corrected chi connectivity index (χ0v) is 19.2. The number of anilines is 1. The first kappa shape index (κ1) is 23.4. The van der Waals surface area contributed by atoms with E-state index >= 15 is 0 Å². The van der Waals surface area contributed by atoms with E-state index in [1.165, 1.54) is 23.7 Å². The van der Waals surface area contributed by atoms with Crippen LogP contribution in [-0.4, -0.2) is 62.3 Å². The van der Waals surface area contributed by atoms with E-state index in [4.69, 9.17) is 4.74 Å². The van der Waals surface area contributed by atoms with Crippen LogP contribution in [0.2, 0.25) is 0 Å². The van der Waals surface area contributed by atoms with Crippen LogP contribution in [0.4, 0.5) is 10.1 Å². The van der Waals surface area contributed by atoms with Crippen LogP contribution in [-0.2, 0) is 30.2 Å². The molecule has 4 rings (SSSR count). The van der Waals surface area contributed by atoms with E-state index < -0.39 is 17.1 Å². The van der Waals surface area contributed by atoms with Crippen molar-refractivity contribution in [3.05, 3.63) is 56.2 Å². The Morgan fingerprint density at radius 1 is 1.18 bits per heavy atom. The van der Waals surface area contributed by atoms with Crippen molar-refractivity contribution < 1.29 is 13.9 Å². The number of carbonyl (C=O) groups is 1. The van der Waals surface area contributed by atoms with Crippen LogP contribution < -0.4 is 16.6 Å². The van der Waals surface area contributed by atoms with Crippen molar-refractivity contribution in [1.82, 2.24) is 23.6 Å². The summed E-state index contributed by atoms with van der Waals surface area (Å²) < 4.78 is 23.4. The van der Waals surface area contributed by atoms with Gasteiger partial charge in [0.15, 0.2) is 11.2 Å². The van der Waals surface area contributed by atoms with Gasteiger partial charge in [-0.2, -0.15) is 0 Å². The average molecular weight is 468 g/mol. The van der Waals surface area contributed by atoms with E-state index in [2.05, 4.69) is 22.1 Å². The van der Waals surface area contributed by atoms with E-state index in [1.54, 1.807) is 24.6 Å². The minimum Gasteiger partial charge on any atom is -0.379 e. The Balaban J connectivity index is 1.55. The number of imidazole rings is 1. The Labute approximate surface area is 194 Å². The number of hydrogen-bond donors (Lipinski definition) is 1. The number of aryl methyl sites for hydroxylation is 2. The molecule has 0 bridgehead atoms. The van der Waals surface area contributed by atoms with Gasteiger partial charge in [-0.1, -0.05) is 11.8 Å². The Kier molecular flexibility index (Phi) is 6.63. The van der Waals surface area contributed by atoms with Crippen molar-refractivity contribution in [3.8, 4) is 11.8 Å². The molecule has 0 atom stereocenters. The minimum absolute atomic E-state index is 0.0465. The normalized spacial score (nSPS) is 14.1. The van der Waals surface area contributed by atoms with Crippen LogP contribution in [0.1, 0.15) is 11.4 Å². The number of nitrogens with one attached hydrogen (secondary N) is 1. The number of aromatic nitrogens is 4. The molecule has 34 heavy (non-hydrogen) atoms. The van der Waals surface area contributed by atoms with E-state index in [9.17, 15) is 18.8 Å².